The van der Waals surface area contributed by atoms with Crippen molar-refractivity contribution >= 4 is 47.3 Å². The molecular weight excluding hydrogens is 319 g/mol. The van der Waals surface area contributed by atoms with Gasteiger partial charge in [0.1, 0.15) is 6.04 Å². The van der Waals surface area contributed by atoms with E-state index in [2.05, 4.69) is 12.2 Å². The maximum Gasteiger partial charge on any atom is 0.326 e. The molecule has 0 fully saturated rings. The SMILES string of the molecule is CCCCCCCCCCCC(=O)N[C@@H](CCC(N)=O)C(=O)O.[Na]. The van der Waals surface area contributed by atoms with Crippen LogP contribution in [0.2, 0.25) is 0 Å². The van der Waals surface area contributed by atoms with Crippen molar-refractivity contribution in [3.05, 3.63) is 0 Å². The van der Waals surface area contributed by atoms with Crippen LogP contribution in [0.3, 0.4) is 0 Å². The Morgan fingerprint density at radius 1 is 0.917 bits per heavy atom. The van der Waals surface area contributed by atoms with Crippen LogP contribution in [0.5, 0.6) is 0 Å². The summed E-state index contributed by atoms with van der Waals surface area (Å²) in [5.41, 5.74) is 4.99. The molecule has 0 aliphatic heterocycles. The number of aliphatic carboxylic acids is 1. The Balaban J connectivity index is 0. The molecule has 0 saturated heterocycles. The summed E-state index contributed by atoms with van der Waals surface area (Å²) in [4.78, 5) is 33.4. The minimum atomic E-state index is -1.13. The second kappa shape index (κ2) is 17.2. The van der Waals surface area contributed by atoms with Crippen LogP contribution in [0.4, 0.5) is 0 Å². The number of nitrogens with two attached hydrogens (primary N) is 1. The minimum absolute atomic E-state index is 0. The van der Waals surface area contributed by atoms with Crippen molar-refractivity contribution in [2.45, 2.75) is 90.0 Å². The number of unbranched alkanes of at least 4 members (excludes halogenated alkanes) is 8. The summed E-state index contributed by atoms with van der Waals surface area (Å²) < 4.78 is 0. The molecule has 0 rings (SSSR count). The smallest absolute Gasteiger partial charge is 0.326 e. The van der Waals surface area contributed by atoms with Gasteiger partial charge in [0.05, 0.1) is 0 Å². The first-order valence-electron chi connectivity index (χ1n) is 8.77. The third-order valence-electron chi connectivity index (χ3n) is 3.82. The minimum Gasteiger partial charge on any atom is -0.480 e. The van der Waals surface area contributed by atoms with Gasteiger partial charge in [-0.05, 0) is 12.8 Å². The molecule has 1 atom stereocenters. The first kappa shape index (κ1) is 25.6. The van der Waals surface area contributed by atoms with Crippen molar-refractivity contribution in [3.63, 3.8) is 0 Å². The summed E-state index contributed by atoms with van der Waals surface area (Å²) in [6.45, 7) is 2.20. The molecule has 2 amide bonds. The fraction of sp³-hybridized carbons (Fsp3) is 0.824. The van der Waals surface area contributed by atoms with E-state index in [-0.39, 0.29) is 48.3 Å². The third-order valence-corrected chi connectivity index (χ3v) is 3.82. The number of carboxylic acids is 1. The number of hydrogen-bond acceptors (Lipinski definition) is 3. The Kier molecular flexibility index (Phi) is 18.4. The number of carboxylic acid groups (broad SMARTS) is 1. The Labute approximate surface area is 167 Å². The topological polar surface area (TPSA) is 109 Å². The number of carbonyl (C=O) groups is 3. The van der Waals surface area contributed by atoms with Gasteiger partial charge in [0.15, 0.2) is 0 Å². The first-order valence-corrected chi connectivity index (χ1v) is 8.77. The number of carbonyl (C=O) groups excluding carboxylic acids is 2. The van der Waals surface area contributed by atoms with Crippen LogP contribution < -0.4 is 11.1 Å². The molecule has 0 aromatic carbocycles. The molecule has 0 aromatic rings. The molecule has 24 heavy (non-hydrogen) atoms. The number of hydrogen-bond donors (Lipinski definition) is 3. The fourth-order valence-electron chi connectivity index (χ4n) is 2.41. The molecule has 4 N–H and O–H groups in total. The molecule has 0 bridgehead atoms. The largest absolute Gasteiger partial charge is 0.480 e. The summed E-state index contributed by atoms with van der Waals surface area (Å²) in [6, 6.07) is -1.03. The standard InChI is InChI=1S/C17H32N2O4.Na/c1-2-3-4-5-6-7-8-9-10-11-16(21)19-14(17(22)23)12-13-15(18)20;/h14H,2-13H2,1H3,(H2,18,20)(H,19,21)(H,22,23);/t14-;/m0./s1. The molecule has 0 saturated carbocycles. The van der Waals surface area contributed by atoms with Gasteiger partial charge in [0.25, 0.3) is 0 Å². The van der Waals surface area contributed by atoms with Crippen molar-refractivity contribution in [2.75, 3.05) is 0 Å². The quantitative estimate of drug-likeness (QED) is 0.311. The van der Waals surface area contributed by atoms with E-state index in [9.17, 15) is 14.4 Å². The van der Waals surface area contributed by atoms with Gasteiger partial charge in [-0.15, -0.1) is 0 Å². The maximum absolute atomic E-state index is 11.7. The molecule has 6 nitrogen and oxygen atoms in total. The Morgan fingerprint density at radius 2 is 1.42 bits per heavy atom. The van der Waals surface area contributed by atoms with E-state index in [4.69, 9.17) is 10.8 Å². The van der Waals surface area contributed by atoms with E-state index < -0.39 is 17.9 Å². The number of primary amides is 1. The monoisotopic (exact) mass is 351 g/mol. The number of amides is 2. The molecule has 0 aliphatic rings. The Morgan fingerprint density at radius 3 is 1.88 bits per heavy atom. The summed E-state index contributed by atoms with van der Waals surface area (Å²) >= 11 is 0. The van der Waals surface area contributed by atoms with E-state index in [1.807, 2.05) is 0 Å². The van der Waals surface area contributed by atoms with Gasteiger partial charge in [0, 0.05) is 42.4 Å². The summed E-state index contributed by atoms with van der Waals surface area (Å²) in [6.07, 6.45) is 10.8. The van der Waals surface area contributed by atoms with Crippen LogP contribution in [0, 0.1) is 0 Å². The van der Waals surface area contributed by atoms with Gasteiger partial charge >= 0.3 is 5.97 Å². The van der Waals surface area contributed by atoms with Gasteiger partial charge in [-0.2, -0.15) is 0 Å². The first-order chi connectivity index (χ1) is 11.0. The predicted molar refractivity (Wildman–Crippen MR) is 95.6 cm³/mol. The van der Waals surface area contributed by atoms with E-state index >= 15 is 0 Å². The third kappa shape index (κ3) is 16.3. The maximum atomic E-state index is 11.7. The zero-order chi connectivity index (χ0) is 17.5. The molecule has 0 aromatic heterocycles. The molecular formula is C17H32N2NaO4. The summed E-state index contributed by atoms with van der Waals surface area (Å²) in [7, 11) is 0. The van der Waals surface area contributed by atoms with Crippen LogP contribution in [0.15, 0.2) is 0 Å². The van der Waals surface area contributed by atoms with Gasteiger partial charge in [-0.3, -0.25) is 9.59 Å². The van der Waals surface area contributed by atoms with Crippen molar-refractivity contribution in [3.8, 4) is 0 Å². The van der Waals surface area contributed by atoms with Gasteiger partial charge in [-0.1, -0.05) is 58.3 Å². The fourth-order valence-corrected chi connectivity index (χ4v) is 2.41. The van der Waals surface area contributed by atoms with Crippen molar-refractivity contribution in [1.29, 1.82) is 0 Å². The average Bonchev–Trinajstić information content (AvgIpc) is 2.49. The molecule has 0 heterocycles. The van der Waals surface area contributed by atoms with Gasteiger partial charge in [0.2, 0.25) is 11.8 Å². The second-order valence-electron chi connectivity index (χ2n) is 6.04. The van der Waals surface area contributed by atoms with Crippen LogP contribution in [-0.4, -0.2) is 58.5 Å². The second-order valence-corrected chi connectivity index (χ2v) is 6.04. The zero-order valence-electron chi connectivity index (χ0n) is 15.3. The molecule has 1 radical (unpaired) electrons. The molecule has 0 spiro atoms. The van der Waals surface area contributed by atoms with E-state index in [0.29, 0.717) is 6.42 Å². The molecule has 7 heteroatoms. The van der Waals surface area contributed by atoms with Crippen molar-refractivity contribution in [2.24, 2.45) is 5.73 Å². The molecule has 135 valence electrons. The van der Waals surface area contributed by atoms with Crippen molar-refractivity contribution in [1.82, 2.24) is 5.32 Å². The van der Waals surface area contributed by atoms with Gasteiger partial charge in [-0.25, -0.2) is 4.79 Å². The predicted octanol–water partition coefficient (Wildman–Crippen LogP) is 2.36. The van der Waals surface area contributed by atoms with Crippen LogP contribution in [0.1, 0.15) is 84.0 Å². The van der Waals surface area contributed by atoms with Crippen LogP contribution >= 0.6 is 0 Å². The zero-order valence-corrected chi connectivity index (χ0v) is 17.3. The summed E-state index contributed by atoms with van der Waals surface area (Å²) in [5.74, 6) is -1.97. The van der Waals surface area contributed by atoms with E-state index in [0.717, 1.165) is 19.3 Å². The Hall–Kier alpha value is -0.590. The van der Waals surface area contributed by atoms with E-state index in [1.165, 1.54) is 38.5 Å². The molecule has 0 unspecified atom stereocenters. The van der Waals surface area contributed by atoms with Gasteiger partial charge < -0.3 is 16.2 Å². The normalized spacial score (nSPS) is 11.4. The molecule has 0 aliphatic carbocycles. The van der Waals surface area contributed by atoms with E-state index in [1.54, 1.807) is 0 Å². The van der Waals surface area contributed by atoms with Crippen LogP contribution in [0.25, 0.3) is 0 Å². The number of nitrogens with one attached hydrogen (secondary N) is 1. The number of rotatable bonds is 15. The Bertz CT molecular complexity index is 364. The van der Waals surface area contributed by atoms with Crippen molar-refractivity contribution < 1.29 is 19.5 Å². The average molecular weight is 351 g/mol. The summed E-state index contributed by atoms with van der Waals surface area (Å²) in [5, 5.41) is 11.4. The van der Waals surface area contributed by atoms with Crippen LogP contribution in [-0.2, 0) is 14.4 Å².